The molecule has 0 aromatic heterocycles. The highest BCUT2D eigenvalue weighted by Gasteiger charge is 2.26. The van der Waals surface area contributed by atoms with Gasteiger partial charge in [0.25, 0.3) is 0 Å². The van der Waals surface area contributed by atoms with Crippen LogP contribution in [0.1, 0.15) is 58.2 Å². The van der Waals surface area contributed by atoms with E-state index in [-0.39, 0.29) is 5.41 Å². The Morgan fingerprint density at radius 3 is 1.88 bits per heavy atom. The highest BCUT2D eigenvalue weighted by Crippen LogP contribution is 2.37. The Bertz CT molecular complexity index is 352. The van der Waals surface area contributed by atoms with Crippen LogP contribution < -0.4 is 0 Å². The Hall–Kier alpha value is -0.563. The lowest BCUT2D eigenvalue weighted by Crippen LogP contribution is -2.23. The zero-order valence-electron chi connectivity index (χ0n) is 11.9. The molecule has 0 saturated heterocycles. The molecule has 0 spiro atoms. The molecule has 0 bridgehead atoms. The maximum Gasteiger partial charge on any atom is 0.0130 e. The maximum absolute atomic E-state index is 2.35. The molecule has 0 aliphatic heterocycles. The average Bonchev–Trinajstić information content (AvgIpc) is 2.14. The van der Waals surface area contributed by atoms with Crippen molar-refractivity contribution in [2.75, 3.05) is 0 Å². The van der Waals surface area contributed by atoms with Gasteiger partial charge in [0.05, 0.1) is 0 Å². The van der Waals surface area contributed by atoms with Gasteiger partial charge in [0, 0.05) is 10.2 Å². The van der Waals surface area contributed by atoms with Crippen LogP contribution in [0.5, 0.6) is 0 Å². The Morgan fingerprint density at radius 2 is 1.44 bits per heavy atom. The van der Waals surface area contributed by atoms with Crippen LogP contribution in [0.2, 0.25) is 0 Å². The van der Waals surface area contributed by atoms with Crippen molar-refractivity contribution in [2.24, 2.45) is 5.41 Å². The topological polar surface area (TPSA) is 0 Å². The fourth-order valence-corrected chi connectivity index (χ4v) is 2.53. The van der Waals surface area contributed by atoms with Crippen LogP contribution in [0.15, 0.2) is 24.3 Å². The van der Waals surface area contributed by atoms with Gasteiger partial charge in [-0.2, -0.15) is 0 Å². The summed E-state index contributed by atoms with van der Waals surface area (Å²) in [6.45, 7) is 14.0. The van der Waals surface area contributed by atoms with Gasteiger partial charge in [0.15, 0.2) is 0 Å². The quantitative estimate of drug-likeness (QED) is 0.653. The molecule has 0 amide bonds. The summed E-state index contributed by atoms with van der Waals surface area (Å²) in [6.07, 6.45) is 0. The Morgan fingerprint density at radius 1 is 0.938 bits per heavy atom. The molecule has 0 aliphatic carbocycles. The van der Waals surface area contributed by atoms with Crippen LogP contribution >= 0.6 is 0 Å². The average molecular weight is 234 g/mol. The van der Waals surface area contributed by atoms with E-state index in [0.29, 0.717) is 5.41 Å². The van der Waals surface area contributed by atoms with E-state index in [1.54, 1.807) is 5.56 Å². The second-order valence-electron chi connectivity index (χ2n) is 6.92. The zero-order chi connectivity index (χ0) is 12.6. The van der Waals surface area contributed by atoms with E-state index < -0.39 is 0 Å². The Balaban J connectivity index is 3.25. The molecular weight excluding hydrogens is 208 g/mol. The second kappa shape index (κ2) is 4.36. The molecule has 1 unspecified atom stereocenters. The van der Waals surface area contributed by atoms with Crippen molar-refractivity contribution in [3.63, 3.8) is 0 Å². The lowest BCUT2D eigenvalue weighted by molar-refractivity contribution is 0.390. The van der Waals surface area contributed by atoms with Gasteiger partial charge in [0.2, 0.25) is 0 Å². The molecule has 0 radical (unpaired) electrons. The minimum atomic E-state index is 0.254. The molecule has 0 aliphatic rings. The zero-order valence-corrected chi connectivity index (χ0v) is 13.9. The summed E-state index contributed by atoms with van der Waals surface area (Å²) in [5.41, 5.74) is 4.44. The van der Waals surface area contributed by atoms with Gasteiger partial charge in [-0.3, -0.25) is 0 Å². The summed E-state index contributed by atoms with van der Waals surface area (Å²) in [5, 5.41) is 0. The monoisotopic (exact) mass is 234 g/mol. The van der Waals surface area contributed by atoms with Crippen LogP contribution in [-0.4, -0.2) is 10.2 Å². The first-order valence-electron chi connectivity index (χ1n) is 6.23. The molecule has 90 valence electrons. The van der Waals surface area contributed by atoms with E-state index in [1.807, 2.05) is 0 Å². The number of rotatable bonds is 1. The summed E-state index contributed by atoms with van der Waals surface area (Å²) in [7, 11) is 1.22. The molecule has 1 atom stereocenters. The fraction of sp³-hybridized carbons (Fsp3) is 0.600. The smallest absolute Gasteiger partial charge is 0.0130 e. The van der Waals surface area contributed by atoms with Crippen molar-refractivity contribution in [3.05, 3.63) is 35.4 Å². The third-order valence-electron chi connectivity index (χ3n) is 3.53. The molecule has 0 saturated carbocycles. The van der Waals surface area contributed by atoms with Crippen molar-refractivity contribution in [1.82, 2.24) is 0 Å². The lowest BCUT2D eigenvalue weighted by Gasteiger charge is -2.33. The summed E-state index contributed by atoms with van der Waals surface area (Å²) < 4.78 is 0. The van der Waals surface area contributed by atoms with Crippen molar-refractivity contribution in [1.29, 1.82) is 0 Å². The van der Waals surface area contributed by atoms with Gasteiger partial charge in [0.1, 0.15) is 0 Å². The molecule has 0 N–H and O–H groups in total. The third-order valence-corrected chi connectivity index (χ3v) is 5.89. The van der Waals surface area contributed by atoms with Crippen molar-refractivity contribution in [3.8, 4) is 0 Å². The second-order valence-corrected chi connectivity index (χ2v) is 8.08. The van der Waals surface area contributed by atoms with Gasteiger partial charge in [-0.05, 0) is 27.5 Å². The summed E-state index contributed by atoms with van der Waals surface area (Å²) >= 11 is 0. The molecule has 1 rings (SSSR count). The van der Waals surface area contributed by atoms with Crippen LogP contribution in [0.25, 0.3) is 0 Å². The van der Waals surface area contributed by atoms with E-state index in [1.165, 1.54) is 15.8 Å². The molecular formula is C15H26Si. The van der Waals surface area contributed by atoms with Gasteiger partial charge in [-0.1, -0.05) is 65.8 Å². The first-order valence-corrected chi connectivity index (χ1v) is 7.39. The molecule has 1 heteroatoms. The molecule has 0 fully saturated rings. The maximum atomic E-state index is 2.35. The van der Waals surface area contributed by atoms with Crippen LogP contribution in [0, 0.1) is 5.41 Å². The molecule has 16 heavy (non-hydrogen) atoms. The first kappa shape index (κ1) is 13.5. The summed E-state index contributed by atoms with van der Waals surface area (Å²) in [5.74, 6) is 0. The SMILES string of the molecule is CC(C)(C)c1ccccc1C([SiH3])C(C)(C)C. The highest BCUT2D eigenvalue weighted by molar-refractivity contribution is 6.13. The first-order chi connectivity index (χ1) is 7.14. The standard InChI is InChI=1S/C15H26Si/c1-14(2,3)12-10-8-7-9-11(12)13(16)15(4,5)6/h7-10,13H,1-6,16H3. The van der Waals surface area contributed by atoms with Gasteiger partial charge < -0.3 is 0 Å². The van der Waals surface area contributed by atoms with Crippen molar-refractivity contribution >= 4 is 10.2 Å². The largest absolute Gasteiger partial charge is 0.0620 e. The van der Waals surface area contributed by atoms with E-state index >= 15 is 0 Å². The number of hydrogen-bond acceptors (Lipinski definition) is 0. The normalized spacial score (nSPS) is 15.1. The van der Waals surface area contributed by atoms with Crippen molar-refractivity contribution in [2.45, 2.75) is 52.5 Å². The minimum Gasteiger partial charge on any atom is -0.0620 e. The third kappa shape index (κ3) is 2.97. The fourth-order valence-electron chi connectivity index (χ4n) is 2.02. The van der Waals surface area contributed by atoms with Gasteiger partial charge in [-0.15, -0.1) is 0 Å². The van der Waals surface area contributed by atoms with Crippen LogP contribution in [0.4, 0.5) is 0 Å². The predicted octanol–water partition coefficient (Wildman–Crippen LogP) is 3.44. The molecule has 0 heterocycles. The predicted molar refractivity (Wildman–Crippen MR) is 77.3 cm³/mol. The molecule has 1 aromatic rings. The number of benzene rings is 1. The summed E-state index contributed by atoms with van der Waals surface area (Å²) in [4.78, 5) is 0. The van der Waals surface area contributed by atoms with E-state index in [0.717, 1.165) is 5.54 Å². The van der Waals surface area contributed by atoms with E-state index in [4.69, 9.17) is 0 Å². The summed E-state index contributed by atoms with van der Waals surface area (Å²) in [6, 6.07) is 8.97. The van der Waals surface area contributed by atoms with E-state index in [9.17, 15) is 0 Å². The minimum absolute atomic E-state index is 0.254. The van der Waals surface area contributed by atoms with Gasteiger partial charge in [-0.25, -0.2) is 0 Å². The molecule has 1 aromatic carbocycles. The lowest BCUT2D eigenvalue weighted by atomic mass is 9.78. The van der Waals surface area contributed by atoms with Crippen LogP contribution in [0.3, 0.4) is 0 Å². The van der Waals surface area contributed by atoms with Crippen molar-refractivity contribution < 1.29 is 0 Å². The van der Waals surface area contributed by atoms with E-state index in [2.05, 4.69) is 65.8 Å². The van der Waals surface area contributed by atoms with Crippen LogP contribution in [-0.2, 0) is 5.41 Å². The van der Waals surface area contributed by atoms with Gasteiger partial charge >= 0.3 is 0 Å². The Kier molecular flexibility index (Phi) is 3.68. The Labute approximate surface area is 104 Å². The highest BCUT2D eigenvalue weighted by atomic mass is 28.1. The molecule has 0 nitrogen and oxygen atoms in total. The number of hydrogen-bond donors (Lipinski definition) is 0.